The van der Waals surface area contributed by atoms with Crippen LogP contribution in [0.15, 0.2) is 23.7 Å². The van der Waals surface area contributed by atoms with Gasteiger partial charge in [-0.15, -0.1) is 11.3 Å². The Labute approximate surface area is 185 Å². The molecule has 8 nitrogen and oxygen atoms in total. The number of fused-ring (bicyclic) bond motifs is 1. The van der Waals surface area contributed by atoms with Crippen LogP contribution in [0.4, 0.5) is 0 Å². The molecule has 1 saturated heterocycles. The number of benzene rings is 1. The molecule has 1 aromatic heterocycles. The zero-order valence-corrected chi connectivity index (χ0v) is 18.9. The molecule has 4 rings (SSSR count). The lowest BCUT2D eigenvalue weighted by molar-refractivity contribution is -0.134. The lowest BCUT2D eigenvalue weighted by atomic mass is 9.81. The molecule has 3 amide bonds. The average Bonchev–Trinajstić information content (AvgIpc) is 3.31. The molecule has 2 aliphatic rings. The number of methoxy groups -OCH3 is 1. The van der Waals surface area contributed by atoms with Crippen LogP contribution in [0.2, 0.25) is 0 Å². The van der Waals surface area contributed by atoms with Crippen LogP contribution in [0.3, 0.4) is 0 Å². The van der Waals surface area contributed by atoms with E-state index in [9.17, 15) is 14.4 Å². The Hall–Kier alpha value is -2.94. The highest BCUT2D eigenvalue weighted by molar-refractivity contribution is 7.11. The molecule has 31 heavy (non-hydrogen) atoms. The van der Waals surface area contributed by atoms with Gasteiger partial charge in [-0.1, -0.05) is 6.07 Å². The number of carbonyl (C=O) groups is 3. The third-order valence-electron chi connectivity index (χ3n) is 6.27. The number of carbonyl (C=O) groups excluding carboxylic acids is 3. The molecule has 0 saturated carbocycles. The van der Waals surface area contributed by atoms with Gasteiger partial charge >= 0.3 is 0 Å². The second-order valence-corrected chi connectivity index (χ2v) is 9.23. The minimum absolute atomic E-state index is 0.0971. The fraction of sp³-hybridized carbons (Fsp3) is 0.455. The first-order chi connectivity index (χ1) is 14.8. The predicted molar refractivity (Wildman–Crippen MR) is 116 cm³/mol. The topological polar surface area (TPSA) is 91.8 Å². The molecule has 0 bridgehead atoms. The molecular formula is C22H26N4O4S. The molecule has 1 fully saturated rings. The van der Waals surface area contributed by atoms with E-state index in [1.54, 1.807) is 44.6 Å². The van der Waals surface area contributed by atoms with Crippen LogP contribution in [0, 0.1) is 12.8 Å². The van der Waals surface area contributed by atoms with E-state index >= 15 is 0 Å². The first-order valence-corrected chi connectivity index (χ1v) is 11.0. The average molecular weight is 443 g/mol. The third kappa shape index (κ3) is 3.67. The lowest BCUT2D eigenvalue weighted by Gasteiger charge is -2.34. The molecule has 0 radical (unpaired) electrons. The number of nitrogens with zero attached hydrogens (tertiary/aromatic N) is 3. The van der Waals surface area contributed by atoms with E-state index in [0.29, 0.717) is 34.7 Å². The van der Waals surface area contributed by atoms with Crippen molar-refractivity contribution in [1.82, 2.24) is 20.1 Å². The molecular weight excluding hydrogens is 416 g/mol. The number of hydrogen-bond acceptors (Lipinski definition) is 6. The second kappa shape index (κ2) is 7.96. The van der Waals surface area contributed by atoms with Crippen LogP contribution in [-0.2, 0) is 11.2 Å². The van der Waals surface area contributed by atoms with E-state index in [2.05, 4.69) is 10.3 Å². The maximum atomic E-state index is 13.2. The highest BCUT2D eigenvalue weighted by Gasteiger charge is 2.53. The van der Waals surface area contributed by atoms with Crippen LogP contribution in [0.25, 0.3) is 0 Å². The Morgan fingerprint density at radius 1 is 1.35 bits per heavy atom. The molecule has 2 atom stereocenters. The van der Waals surface area contributed by atoms with Crippen molar-refractivity contribution in [3.63, 3.8) is 0 Å². The summed E-state index contributed by atoms with van der Waals surface area (Å²) in [7, 11) is 4.96. The predicted octanol–water partition coefficient (Wildman–Crippen LogP) is 1.74. The number of ether oxygens (including phenoxy) is 1. The highest BCUT2D eigenvalue weighted by Crippen LogP contribution is 2.37. The van der Waals surface area contributed by atoms with Crippen LogP contribution >= 0.6 is 11.3 Å². The van der Waals surface area contributed by atoms with Gasteiger partial charge in [-0.25, -0.2) is 4.98 Å². The van der Waals surface area contributed by atoms with E-state index in [4.69, 9.17) is 4.74 Å². The van der Waals surface area contributed by atoms with Gasteiger partial charge in [0.25, 0.3) is 11.8 Å². The molecule has 2 aliphatic heterocycles. The monoisotopic (exact) mass is 442 g/mol. The number of amides is 3. The van der Waals surface area contributed by atoms with Gasteiger partial charge < -0.3 is 19.9 Å². The van der Waals surface area contributed by atoms with Crippen molar-refractivity contribution < 1.29 is 19.1 Å². The fourth-order valence-corrected chi connectivity index (χ4v) is 5.32. The molecule has 1 N–H and O–H groups in total. The first kappa shape index (κ1) is 21.3. The van der Waals surface area contributed by atoms with Crippen LogP contribution in [-0.4, -0.2) is 72.3 Å². The summed E-state index contributed by atoms with van der Waals surface area (Å²) < 4.78 is 5.28. The third-order valence-corrected chi connectivity index (χ3v) is 7.19. The van der Waals surface area contributed by atoms with Crippen molar-refractivity contribution in [2.45, 2.75) is 25.3 Å². The molecule has 3 heterocycles. The SMILES string of the molecule is COc1ccc2c(c1)C(=O)N[C@@]1(CC2)CN(C(=O)c2scnc2C)C[C@@H]1C(=O)N(C)C. The van der Waals surface area contributed by atoms with Gasteiger partial charge in [-0.05, 0) is 37.5 Å². The Kier molecular flexibility index (Phi) is 5.47. The summed E-state index contributed by atoms with van der Waals surface area (Å²) in [5.41, 5.74) is 2.95. The minimum atomic E-state index is -0.834. The van der Waals surface area contributed by atoms with Gasteiger partial charge in [0.05, 0.1) is 29.8 Å². The minimum Gasteiger partial charge on any atom is -0.497 e. The van der Waals surface area contributed by atoms with Gasteiger partial charge in [-0.2, -0.15) is 0 Å². The summed E-state index contributed by atoms with van der Waals surface area (Å²) in [6, 6.07) is 5.46. The maximum absolute atomic E-state index is 13.2. The summed E-state index contributed by atoms with van der Waals surface area (Å²) in [4.78, 5) is 47.5. The van der Waals surface area contributed by atoms with Crippen LogP contribution in [0.1, 0.15) is 37.7 Å². The number of likely N-dealkylation sites (tertiary alicyclic amines) is 1. The zero-order chi connectivity index (χ0) is 22.3. The van der Waals surface area contributed by atoms with Gasteiger partial charge in [-0.3, -0.25) is 14.4 Å². The van der Waals surface area contributed by atoms with Crippen molar-refractivity contribution in [2.75, 3.05) is 34.3 Å². The summed E-state index contributed by atoms with van der Waals surface area (Å²) in [6.45, 7) is 2.34. The summed E-state index contributed by atoms with van der Waals surface area (Å²) in [5, 5.41) is 3.14. The van der Waals surface area contributed by atoms with Crippen molar-refractivity contribution in [3.8, 4) is 5.75 Å². The van der Waals surface area contributed by atoms with E-state index in [1.165, 1.54) is 16.2 Å². The molecule has 0 aliphatic carbocycles. The van der Waals surface area contributed by atoms with Gasteiger partial charge in [0.1, 0.15) is 10.6 Å². The Morgan fingerprint density at radius 3 is 2.77 bits per heavy atom. The van der Waals surface area contributed by atoms with E-state index in [1.807, 2.05) is 12.1 Å². The smallest absolute Gasteiger partial charge is 0.265 e. The van der Waals surface area contributed by atoms with Crippen molar-refractivity contribution in [2.24, 2.45) is 5.92 Å². The largest absolute Gasteiger partial charge is 0.497 e. The van der Waals surface area contributed by atoms with Crippen molar-refractivity contribution >= 4 is 29.1 Å². The number of hydrogen-bond donors (Lipinski definition) is 1. The molecule has 1 aromatic carbocycles. The van der Waals surface area contributed by atoms with Gasteiger partial charge in [0.2, 0.25) is 5.91 Å². The van der Waals surface area contributed by atoms with Crippen LogP contribution < -0.4 is 10.1 Å². The molecule has 9 heteroatoms. The first-order valence-electron chi connectivity index (χ1n) is 10.2. The molecule has 164 valence electrons. The van der Waals surface area contributed by atoms with Crippen LogP contribution in [0.5, 0.6) is 5.75 Å². The Morgan fingerprint density at radius 2 is 2.13 bits per heavy atom. The molecule has 1 spiro atoms. The molecule has 0 unspecified atom stereocenters. The number of nitrogens with one attached hydrogen (secondary N) is 1. The number of thiazole rings is 1. The highest BCUT2D eigenvalue weighted by atomic mass is 32.1. The zero-order valence-electron chi connectivity index (χ0n) is 18.1. The quantitative estimate of drug-likeness (QED) is 0.782. The van der Waals surface area contributed by atoms with E-state index < -0.39 is 11.5 Å². The van der Waals surface area contributed by atoms with Crippen molar-refractivity contribution in [1.29, 1.82) is 0 Å². The summed E-state index contributed by atoms with van der Waals surface area (Å²) in [6.07, 6.45) is 1.19. The summed E-state index contributed by atoms with van der Waals surface area (Å²) in [5.74, 6) is -0.410. The fourth-order valence-electron chi connectivity index (χ4n) is 4.55. The Bertz CT molecular complexity index is 1050. The maximum Gasteiger partial charge on any atom is 0.265 e. The number of aromatic nitrogens is 1. The lowest BCUT2D eigenvalue weighted by Crippen LogP contribution is -2.57. The van der Waals surface area contributed by atoms with E-state index in [0.717, 1.165) is 5.56 Å². The summed E-state index contributed by atoms with van der Waals surface area (Å²) >= 11 is 1.30. The molecule has 2 aromatic rings. The Balaban J connectivity index is 1.70. The second-order valence-electron chi connectivity index (χ2n) is 8.37. The van der Waals surface area contributed by atoms with Gasteiger partial charge in [0.15, 0.2) is 0 Å². The number of aryl methyl sites for hydroxylation is 2. The standard InChI is InChI=1S/C22H26N4O4S/c1-13-18(31-12-23-13)21(29)26-10-17(20(28)25(2)3)22(11-26)8-7-14-5-6-15(30-4)9-16(14)19(27)24-22/h5-6,9,12,17H,7-8,10-11H2,1-4H3,(H,24,27)/t17-,22+/m1/s1. The van der Waals surface area contributed by atoms with E-state index in [-0.39, 0.29) is 30.8 Å². The number of rotatable bonds is 3. The van der Waals surface area contributed by atoms with Gasteiger partial charge in [0, 0.05) is 32.7 Å². The normalized spacial score (nSPS) is 22.6. The van der Waals surface area contributed by atoms with Crippen molar-refractivity contribution in [3.05, 3.63) is 45.4 Å².